The van der Waals surface area contributed by atoms with Crippen molar-refractivity contribution in [3.05, 3.63) is 23.8 Å². The maximum absolute atomic E-state index is 12.6. The molecule has 6 nitrogen and oxygen atoms in total. The minimum absolute atomic E-state index is 0. The summed E-state index contributed by atoms with van der Waals surface area (Å²) in [7, 11) is 4.93. The molecule has 146 valence electrons. The number of anilines is 1. The fourth-order valence-electron chi connectivity index (χ4n) is 3.49. The van der Waals surface area contributed by atoms with Crippen molar-refractivity contribution in [1.29, 1.82) is 0 Å². The van der Waals surface area contributed by atoms with Gasteiger partial charge in [0.15, 0.2) is 0 Å². The smallest absolute Gasteiger partial charge is 0.253 e. The third kappa shape index (κ3) is 5.35. The zero-order valence-corrected chi connectivity index (χ0v) is 16.7. The van der Waals surface area contributed by atoms with E-state index in [1.807, 2.05) is 0 Å². The number of amides is 2. The molecule has 0 atom stereocenters. The van der Waals surface area contributed by atoms with Gasteiger partial charge in [0.2, 0.25) is 5.91 Å². The maximum Gasteiger partial charge on any atom is 0.253 e. The second-order valence-electron chi connectivity index (χ2n) is 7.10. The van der Waals surface area contributed by atoms with Crippen LogP contribution in [0.1, 0.15) is 48.9 Å². The van der Waals surface area contributed by atoms with Gasteiger partial charge < -0.3 is 20.7 Å². The Morgan fingerprint density at radius 1 is 1.23 bits per heavy atom. The Balaban J connectivity index is 0.00000338. The van der Waals surface area contributed by atoms with Crippen molar-refractivity contribution in [2.24, 2.45) is 11.1 Å². The van der Waals surface area contributed by atoms with Crippen molar-refractivity contribution in [3.8, 4) is 5.75 Å². The first-order valence-corrected chi connectivity index (χ1v) is 8.80. The Morgan fingerprint density at radius 3 is 2.42 bits per heavy atom. The summed E-state index contributed by atoms with van der Waals surface area (Å²) >= 11 is 0. The number of hydrogen-bond donors (Lipinski definition) is 2. The van der Waals surface area contributed by atoms with Crippen LogP contribution in [0.3, 0.4) is 0 Å². The molecule has 3 N–H and O–H groups in total. The fourth-order valence-corrected chi connectivity index (χ4v) is 3.49. The molecule has 1 fully saturated rings. The molecule has 2 rings (SSSR count). The van der Waals surface area contributed by atoms with E-state index in [1.54, 1.807) is 39.4 Å². The van der Waals surface area contributed by atoms with Crippen LogP contribution in [0.15, 0.2) is 18.2 Å². The van der Waals surface area contributed by atoms with E-state index >= 15 is 0 Å². The zero-order chi connectivity index (χ0) is 18.4. The van der Waals surface area contributed by atoms with Crippen molar-refractivity contribution < 1.29 is 14.3 Å². The summed E-state index contributed by atoms with van der Waals surface area (Å²) in [5.74, 6) is 0.332. The lowest BCUT2D eigenvalue weighted by Gasteiger charge is -2.35. The van der Waals surface area contributed by atoms with Crippen LogP contribution < -0.4 is 15.8 Å². The average molecular weight is 384 g/mol. The van der Waals surface area contributed by atoms with Crippen LogP contribution >= 0.6 is 12.4 Å². The van der Waals surface area contributed by atoms with E-state index in [-0.39, 0.29) is 29.6 Å². The van der Waals surface area contributed by atoms with Crippen molar-refractivity contribution in [2.75, 3.05) is 33.1 Å². The molecule has 1 aromatic rings. The summed E-state index contributed by atoms with van der Waals surface area (Å²) in [6.45, 7) is 0.525. The number of hydrogen-bond acceptors (Lipinski definition) is 4. The van der Waals surface area contributed by atoms with Crippen molar-refractivity contribution in [3.63, 3.8) is 0 Å². The van der Waals surface area contributed by atoms with Gasteiger partial charge in [0.25, 0.3) is 5.91 Å². The van der Waals surface area contributed by atoms with E-state index < -0.39 is 0 Å². The highest BCUT2D eigenvalue weighted by Gasteiger charge is 2.33. The molecule has 0 heterocycles. The number of ether oxygens (including phenoxy) is 1. The number of benzene rings is 1. The summed E-state index contributed by atoms with van der Waals surface area (Å²) in [6.07, 6.45) is 5.85. The van der Waals surface area contributed by atoms with Crippen LogP contribution in [0.2, 0.25) is 0 Å². The molecule has 1 saturated carbocycles. The van der Waals surface area contributed by atoms with Gasteiger partial charge >= 0.3 is 0 Å². The molecule has 0 saturated heterocycles. The number of rotatable bonds is 6. The fraction of sp³-hybridized carbons (Fsp3) is 0.579. The van der Waals surface area contributed by atoms with Crippen molar-refractivity contribution in [2.45, 2.75) is 38.5 Å². The molecule has 7 heteroatoms. The van der Waals surface area contributed by atoms with E-state index in [9.17, 15) is 9.59 Å². The van der Waals surface area contributed by atoms with Gasteiger partial charge in [-0.2, -0.15) is 0 Å². The number of nitrogens with one attached hydrogen (secondary N) is 1. The lowest BCUT2D eigenvalue weighted by atomic mass is 9.71. The monoisotopic (exact) mass is 383 g/mol. The van der Waals surface area contributed by atoms with Gasteiger partial charge in [0, 0.05) is 26.1 Å². The zero-order valence-electron chi connectivity index (χ0n) is 15.8. The highest BCUT2D eigenvalue weighted by atomic mass is 35.5. The second-order valence-corrected chi connectivity index (χ2v) is 7.10. The first-order valence-electron chi connectivity index (χ1n) is 8.80. The molecule has 0 bridgehead atoms. The Hall–Kier alpha value is -1.79. The van der Waals surface area contributed by atoms with Crippen LogP contribution in [0.5, 0.6) is 5.75 Å². The molecular formula is C19H30ClN3O3. The maximum atomic E-state index is 12.6. The van der Waals surface area contributed by atoms with Crippen molar-refractivity contribution >= 4 is 29.9 Å². The lowest BCUT2D eigenvalue weighted by molar-refractivity contribution is -0.118. The lowest BCUT2D eigenvalue weighted by Crippen LogP contribution is -2.36. The van der Waals surface area contributed by atoms with Gasteiger partial charge in [-0.25, -0.2) is 0 Å². The topological polar surface area (TPSA) is 84.7 Å². The number of methoxy groups -OCH3 is 1. The highest BCUT2D eigenvalue weighted by molar-refractivity contribution is 5.98. The molecule has 1 aliphatic carbocycles. The standard InChI is InChI=1S/C19H29N3O3.ClH/c1-22(2)18(24)14-7-8-16(25-3)15(11-14)21-17(23)12-19(13-20)9-5-4-6-10-19;/h7-8,11H,4-6,9-10,12-13,20H2,1-3H3,(H,21,23);1H. The first kappa shape index (κ1) is 22.3. The molecule has 1 aromatic carbocycles. The van der Waals surface area contributed by atoms with Gasteiger partial charge in [-0.3, -0.25) is 9.59 Å². The molecule has 0 aromatic heterocycles. The van der Waals surface area contributed by atoms with E-state index in [4.69, 9.17) is 10.5 Å². The minimum Gasteiger partial charge on any atom is -0.495 e. The van der Waals surface area contributed by atoms with Crippen LogP contribution in [-0.2, 0) is 4.79 Å². The van der Waals surface area contributed by atoms with Crippen LogP contribution in [-0.4, -0.2) is 44.5 Å². The van der Waals surface area contributed by atoms with Crippen LogP contribution in [0.25, 0.3) is 0 Å². The molecule has 2 amide bonds. The van der Waals surface area contributed by atoms with E-state index in [2.05, 4.69) is 5.32 Å². The van der Waals surface area contributed by atoms with Crippen molar-refractivity contribution in [1.82, 2.24) is 4.90 Å². The number of nitrogens with zero attached hydrogens (tertiary/aromatic N) is 1. The summed E-state index contributed by atoms with van der Waals surface area (Å²) in [5, 5.41) is 2.91. The molecule has 26 heavy (non-hydrogen) atoms. The Bertz CT molecular complexity index is 628. The molecular weight excluding hydrogens is 354 g/mol. The molecule has 0 spiro atoms. The number of carbonyl (C=O) groups is 2. The summed E-state index contributed by atoms with van der Waals surface area (Å²) < 4.78 is 5.32. The first-order chi connectivity index (χ1) is 11.9. The van der Waals surface area contributed by atoms with Gasteiger partial charge in [0.1, 0.15) is 5.75 Å². The van der Waals surface area contributed by atoms with Gasteiger partial charge in [-0.05, 0) is 43.0 Å². The van der Waals surface area contributed by atoms with Gasteiger partial charge in [-0.15, -0.1) is 12.4 Å². The van der Waals surface area contributed by atoms with E-state index in [0.717, 1.165) is 25.7 Å². The molecule has 1 aliphatic rings. The largest absolute Gasteiger partial charge is 0.495 e. The summed E-state index contributed by atoms with van der Waals surface area (Å²) in [4.78, 5) is 26.3. The molecule has 0 aliphatic heterocycles. The minimum atomic E-state index is -0.121. The second kappa shape index (κ2) is 9.78. The third-order valence-corrected chi connectivity index (χ3v) is 5.01. The number of nitrogens with two attached hydrogens (primary N) is 1. The van der Waals surface area contributed by atoms with Crippen LogP contribution in [0, 0.1) is 5.41 Å². The highest BCUT2D eigenvalue weighted by Crippen LogP contribution is 2.39. The predicted octanol–water partition coefficient (Wildman–Crippen LogP) is 3.06. The number of halogens is 1. The average Bonchev–Trinajstić information content (AvgIpc) is 2.61. The normalized spacial score (nSPS) is 15.5. The third-order valence-electron chi connectivity index (χ3n) is 5.01. The number of carbonyl (C=O) groups excluding carboxylic acids is 2. The Morgan fingerprint density at radius 2 is 1.88 bits per heavy atom. The van der Waals surface area contributed by atoms with Gasteiger partial charge in [-0.1, -0.05) is 19.3 Å². The Kier molecular flexibility index (Phi) is 8.37. The van der Waals surface area contributed by atoms with E-state index in [1.165, 1.54) is 11.3 Å². The molecule has 0 unspecified atom stereocenters. The van der Waals surface area contributed by atoms with Gasteiger partial charge in [0.05, 0.1) is 12.8 Å². The molecule has 0 radical (unpaired) electrons. The quantitative estimate of drug-likeness (QED) is 0.790. The SMILES string of the molecule is COc1ccc(C(=O)N(C)C)cc1NC(=O)CC1(CN)CCCCC1.Cl. The summed E-state index contributed by atoms with van der Waals surface area (Å²) in [6, 6.07) is 5.06. The predicted molar refractivity (Wildman–Crippen MR) is 106 cm³/mol. The van der Waals surface area contributed by atoms with E-state index in [0.29, 0.717) is 30.0 Å². The summed E-state index contributed by atoms with van der Waals surface area (Å²) in [5.41, 5.74) is 6.90. The Labute approximate surface area is 161 Å². The van der Waals surface area contributed by atoms with Crippen LogP contribution in [0.4, 0.5) is 5.69 Å².